The Morgan fingerprint density at radius 1 is 1.22 bits per heavy atom. The van der Waals surface area contributed by atoms with Crippen LogP contribution in [-0.4, -0.2) is 25.9 Å². The van der Waals surface area contributed by atoms with Gasteiger partial charge in [0, 0.05) is 24.2 Å². The number of methoxy groups -OCH3 is 2. The molecule has 23 heavy (non-hydrogen) atoms. The quantitative estimate of drug-likeness (QED) is 0.821. The van der Waals surface area contributed by atoms with Crippen molar-refractivity contribution in [3.63, 3.8) is 0 Å². The first-order chi connectivity index (χ1) is 10.9. The number of nitrogens with one attached hydrogen (secondary N) is 1. The number of aryl methyl sites for hydroxylation is 2. The summed E-state index contributed by atoms with van der Waals surface area (Å²) in [6.45, 7) is 6.47. The van der Waals surface area contributed by atoms with E-state index in [1.807, 2.05) is 38.1 Å². The van der Waals surface area contributed by atoms with E-state index < -0.39 is 5.60 Å². The second-order valence-corrected chi connectivity index (χ2v) is 5.86. The molecule has 0 radical (unpaired) electrons. The van der Waals surface area contributed by atoms with Crippen LogP contribution in [0.2, 0.25) is 0 Å². The number of hydrogen-bond acceptors (Lipinski definition) is 5. The second-order valence-electron chi connectivity index (χ2n) is 5.86. The van der Waals surface area contributed by atoms with Gasteiger partial charge < -0.3 is 24.3 Å². The van der Waals surface area contributed by atoms with Gasteiger partial charge in [0.2, 0.25) is 0 Å². The fourth-order valence-electron chi connectivity index (χ4n) is 2.79. The smallest absolute Gasteiger partial charge is 0.165 e. The highest BCUT2D eigenvalue weighted by Crippen LogP contribution is 2.31. The van der Waals surface area contributed by atoms with Crippen LogP contribution in [0.5, 0.6) is 11.5 Å². The van der Waals surface area contributed by atoms with Crippen LogP contribution in [-0.2, 0) is 12.1 Å². The number of benzene rings is 1. The van der Waals surface area contributed by atoms with Crippen molar-refractivity contribution < 1.29 is 19.0 Å². The van der Waals surface area contributed by atoms with E-state index in [1.165, 1.54) is 0 Å². The van der Waals surface area contributed by atoms with Crippen molar-refractivity contribution in [1.29, 1.82) is 0 Å². The van der Waals surface area contributed by atoms with Gasteiger partial charge in [-0.1, -0.05) is 12.1 Å². The Morgan fingerprint density at radius 3 is 2.52 bits per heavy atom. The van der Waals surface area contributed by atoms with Crippen molar-refractivity contribution in [3.05, 3.63) is 46.9 Å². The molecule has 0 saturated heterocycles. The van der Waals surface area contributed by atoms with Crippen LogP contribution in [0.25, 0.3) is 0 Å². The summed E-state index contributed by atoms with van der Waals surface area (Å²) in [5.74, 6) is 2.94. The number of hydrogen-bond donors (Lipinski definition) is 2. The number of rotatable bonds is 7. The summed E-state index contributed by atoms with van der Waals surface area (Å²) in [7, 11) is 3.24. The summed E-state index contributed by atoms with van der Waals surface area (Å²) in [5.41, 5.74) is 0.774. The molecule has 1 aromatic carbocycles. The van der Waals surface area contributed by atoms with Crippen molar-refractivity contribution >= 4 is 0 Å². The number of furan rings is 1. The lowest BCUT2D eigenvalue weighted by Gasteiger charge is -2.24. The molecule has 0 amide bonds. The van der Waals surface area contributed by atoms with E-state index in [1.54, 1.807) is 21.1 Å². The summed E-state index contributed by atoms with van der Waals surface area (Å²) >= 11 is 0. The second kappa shape index (κ2) is 7.06. The van der Waals surface area contributed by atoms with Crippen molar-refractivity contribution in [1.82, 2.24) is 5.32 Å². The van der Waals surface area contributed by atoms with Gasteiger partial charge in [-0.15, -0.1) is 0 Å². The third-order valence-corrected chi connectivity index (χ3v) is 3.89. The van der Waals surface area contributed by atoms with Crippen molar-refractivity contribution in [2.75, 3.05) is 20.8 Å². The third-order valence-electron chi connectivity index (χ3n) is 3.89. The van der Waals surface area contributed by atoms with Crippen LogP contribution in [0, 0.1) is 13.8 Å². The Bertz CT molecular complexity index is 661. The molecule has 1 heterocycles. The van der Waals surface area contributed by atoms with Gasteiger partial charge in [0.05, 0.1) is 14.2 Å². The maximum atomic E-state index is 10.7. The summed E-state index contributed by atoms with van der Waals surface area (Å²) in [6.07, 6.45) is 0. The Labute approximate surface area is 137 Å². The minimum absolute atomic E-state index is 0.396. The predicted molar refractivity (Wildman–Crippen MR) is 89.0 cm³/mol. The topological polar surface area (TPSA) is 63.9 Å². The lowest BCUT2D eigenvalue weighted by atomic mass is 9.96. The zero-order valence-electron chi connectivity index (χ0n) is 14.4. The van der Waals surface area contributed by atoms with E-state index in [4.69, 9.17) is 13.9 Å². The molecule has 0 aliphatic heterocycles. The molecular weight excluding hydrogens is 294 g/mol. The molecule has 2 rings (SSSR count). The first-order valence-electron chi connectivity index (χ1n) is 7.59. The van der Waals surface area contributed by atoms with Crippen LogP contribution in [0.15, 0.2) is 28.7 Å². The summed E-state index contributed by atoms with van der Waals surface area (Å²) < 4.78 is 16.2. The highest BCUT2D eigenvalue weighted by molar-refractivity contribution is 5.46. The fourth-order valence-corrected chi connectivity index (χ4v) is 2.79. The molecule has 1 atom stereocenters. The fraction of sp³-hybridized carbons (Fsp3) is 0.444. The molecule has 2 aromatic rings. The SMILES string of the molecule is COc1cccc(CNCC(C)(O)c2cc(C)oc2C)c1OC. The lowest BCUT2D eigenvalue weighted by molar-refractivity contribution is 0.0551. The van der Waals surface area contributed by atoms with E-state index in [0.29, 0.717) is 24.6 Å². The highest BCUT2D eigenvalue weighted by atomic mass is 16.5. The van der Waals surface area contributed by atoms with Crippen LogP contribution in [0.1, 0.15) is 29.6 Å². The zero-order chi connectivity index (χ0) is 17.0. The molecule has 0 aliphatic rings. The summed E-state index contributed by atoms with van der Waals surface area (Å²) in [4.78, 5) is 0. The minimum Gasteiger partial charge on any atom is -0.493 e. The molecule has 0 spiro atoms. The molecule has 0 saturated carbocycles. The lowest BCUT2D eigenvalue weighted by Crippen LogP contribution is -2.35. The van der Waals surface area contributed by atoms with Crippen LogP contribution < -0.4 is 14.8 Å². The first kappa shape index (κ1) is 17.4. The Kier molecular flexibility index (Phi) is 5.34. The van der Waals surface area contributed by atoms with Crippen molar-refractivity contribution in [2.24, 2.45) is 0 Å². The van der Waals surface area contributed by atoms with E-state index >= 15 is 0 Å². The highest BCUT2D eigenvalue weighted by Gasteiger charge is 2.27. The average molecular weight is 319 g/mol. The third kappa shape index (κ3) is 3.86. The molecule has 1 unspecified atom stereocenters. The summed E-state index contributed by atoms with van der Waals surface area (Å²) in [6, 6.07) is 7.62. The van der Waals surface area contributed by atoms with E-state index in [0.717, 1.165) is 22.6 Å². The monoisotopic (exact) mass is 319 g/mol. The molecule has 0 bridgehead atoms. The van der Waals surface area contributed by atoms with Gasteiger partial charge >= 0.3 is 0 Å². The van der Waals surface area contributed by atoms with Gasteiger partial charge in [0.25, 0.3) is 0 Å². The average Bonchev–Trinajstić information content (AvgIpc) is 2.86. The zero-order valence-corrected chi connectivity index (χ0v) is 14.4. The molecule has 5 heteroatoms. The van der Waals surface area contributed by atoms with Crippen LogP contribution in [0.4, 0.5) is 0 Å². The number of para-hydroxylation sites is 1. The minimum atomic E-state index is -1.01. The summed E-state index contributed by atoms with van der Waals surface area (Å²) in [5, 5.41) is 14.0. The van der Waals surface area contributed by atoms with Crippen LogP contribution in [0.3, 0.4) is 0 Å². The largest absolute Gasteiger partial charge is 0.493 e. The van der Waals surface area contributed by atoms with Crippen molar-refractivity contribution in [2.45, 2.75) is 32.9 Å². The number of ether oxygens (including phenoxy) is 2. The van der Waals surface area contributed by atoms with Gasteiger partial charge in [-0.3, -0.25) is 0 Å². The van der Waals surface area contributed by atoms with Gasteiger partial charge in [0.1, 0.15) is 17.1 Å². The Balaban J connectivity index is 2.06. The predicted octanol–water partition coefficient (Wildman–Crippen LogP) is 2.91. The van der Waals surface area contributed by atoms with E-state index in [-0.39, 0.29) is 0 Å². The van der Waals surface area contributed by atoms with Gasteiger partial charge in [-0.05, 0) is 32.9 Å². The van der Waals surface area contributed by atoms with Gasteiger partial charge in [0.15, 0.2) is 11.5 Å². The molecule has 1 aromatic heterocycles. The molecular formula is C18H25NO4. The first-order valence-corrected chi connectivity index (χ1v) is 7.59. The molecule has 0 aliphatic carbocycles. The Hall–Kier alpha value is -1.98. The Morgan fingerprint density at radius 2 is 1.96 bits per heavy atom. The molecule has 2 N–H and O–H groups in total. The van der Waals surface area contributed by atoms with Gasteiger partial charge in [-0.2, -0.15) is 0 Å². The molecule has 0 fully saturated rings. The number of aliphatic hydroxyl groups is 1. The van der Waals surface area contributed by atoms with Gasteiger partial charge in [-0.25, -0.2) is 0 Å². The normalized spacial score (nSPS) is 13.7. The maximum absolute atomic E-state index is 10.7. The molecule has 126 valence electrons. The standard InChI is InChI=1S/C18H25NO4/c1-12-9-15(13(2)23-12)18(3,20)11-19-10-14-7-6-8-16(21-4)17(14)22-5/h6-9,19-20H,10-11H2,1-5H3. The molecule has 5 nitrogen and oxygen atoms in total. The van der Waals surface area contributed by atoms with Crippen molar-refractivity contribution in [3.8, 4) is 11.5 Å². The van der Waals surface area contributed by atoms with E-state index in [9.17, 15) is 5.11 Å². The maximum Gasteiger partial charge on any atom is 0.165 e. The van der Waals surface area contributed by atoms with E-state index in [2.05, 4.69) is 5.32 Å². The van der Waals surface area contributed by atoms with Crippen LogP contribution >= 0.6 is 0 Å².